The van der Waals surface area contributed by atoms with E-state index in [2.05, 4.69) is 4.90 Å². The number of nitrogens with two attached hydrogens (primary N) is 1. The van der Waals surface area contributed by atoms with Crippen molar-refractivity contribution >= 4 is 0 Å². The van der Waals surface area contributed by atoms with Crippen LogP contribution in [0.4, 0.5) is 0 Å². The lowest BCUT2D eigenvalue weighted by Crippen LogP contribution is -2.58. The lowest BCUT2D eigenvalue weighted by Gasteiger charge is -2.50. The monoisotopic (exact) mass is 248 g/mol. The molecule has 102 valence electrons. The normalized spacial score (nSPS) is 48.8. The Balaban J connectivity index is 1.54. The van der Waals surface area contributed by atoms with Gasteiger partial charge < -0.3 is 5.73 Å². The maximum Gasteiger partial charge on any atom is 0.0337 e. The van der Waals surface area contributed by atoms with E-state index in [-0.39, 0.29) is 0 Å². The van der Waals surface area contributed by atoms with Crippen molar-refractivity contribution in [2.45, 2.75) is 69.4 Å². The minimum atomic E-state index is 0.408. The second kappa shape index (κ2) is 4.21. The van der Waals surface area contributed by atoms with E-state index in [1.54, 1.807) is 0 Å². The number of likely N-dealkylation sites (tertiary alicyclic amines) is 1. The average Bonchev–Trinajstić information content (AvgIpc) is 3.06. The molecule has 0 aromatic heterocycles. The zero-order valence-electron chi connectivity index (χ0n) is 11.6. The van der Waals surface area contributed by atoms with Crippen molar-refractivity contribution in [1.29, 1.82) is 0 Å². The van der Waals surface area contributed by atoms with Crippen LogP contribution in [0, 0.1) is 17.8 Å². The van der Waals surface area contributed by atoms with Crippen LogP contribution in [0.3, 0.4) is 0 Å². The van der Waals surface area contributed by atoms with Crippen molar-refractivity contribution in [3.8, 4) is 0 Å². The summed E-state index contributed by atoms with van der Waals surface area (Å²) in [5.74, 6) is 3.11. The molecule has 0 amide bonds. The predicted octanol–water partition coefficient (Wildman–Crippen LogP) is 2.77. The maximum absolute atomic E-state index is 6.29. The van der Waals surface area contributed by atoms with E-state index in [1.165, 1.54) is 64.3 Å². The summed E-state index contributed by atoms with van der Waals surface area (Å²) in [5.41, 5.74) is 6.70. The fraction of sp³-hybridized carbons (Fsp3) is 1.00. The first-order valence-electron chi connectivity index (χ1n) is 8.27. The van der Waals surface area contributed by atoms with Gasteiger partial charge in [-0.15, -0.1) is 0 Å². The van der Waals surface area contributed by atoms with Crippen LogP contribution in [0.25, 0.3) is 0 Å². The summed E-state index contributed by atoms with van der Waals surface area (Å²) in [6, 6.07) is 0.900. The molecule has 1 aliphatic heterocycles. The molecular weight excluding hydrogens is 220 g/mol. The van der Waals surface area contributed by atoms with Crippen LogP contribution in [0.15, 0.2) is 0 Å². The summed E-state index contributed by atoms with van der Waals surface area (Å²) >= 11 is 0. The molecule has 4 unspecified atom stereocenters. The van der Waals surface area contributed by atoms with Gasteiger partial charge >= 0.3 is 0 Å². The van der Waals surface area contributed by atoms with Crippen LogP contribution in [0.5, 0.6) is 0 Å². The Morgan fingerprint density at radius 2 is 1.94 bits per heavy atom. The van der Waals surface area contributed by atoms with Gasteiger partial charge in [-0.25, -0.2) is 0 Å². The van der Waals surface area contributed by atoms with Gasteiger partial charge in [-0.05, 0) is 62.7 Å². The zero-order chi connectivity index (χ0) is 12.2. The van der Waals surface area contributed by atoms with Crippen molar-refractivity contribution in [3.05, 3.63) is 0 Å². The van der Waals surface area contributed by atoms with Crippen molar-refractivity contribution in [1.82, 2.24) is 4.90 Å². The van der Waals surface area contributed by atoms with E-state index in [1.807, 2.05) is 0 Å². The van der Waals surface area contributed by atoms with Gasteiger partial charge in [-0.3, -0.25) is 4.90 Å². The van der Waals surface area contributed by atoms with Crippen molar-refractivity contribution in [3.63, 3.8) is 0 Å². The molecule has 4 rings (SSSR count). The highest BCUT2D eigenvalue weighted by Gasteiger charge is 2.50. The fourth-order valence-electron chi connectivity index (χ4n) is 5.42. The van der Waals surface area contributed by atoms with Gasteiger partial charge in [-0.2, -0.15) is 0 Å². The van der Waals surface area contributed by atoms with Gasteiger partial charge in [0.05, 0.1) is 0 Å². The number of nitrogens with zero attached hydrogens (tertiary/aromatic N) is 1. The Bertz CT molecular complexity index is 325. The number of fused-ring (bicyclic) bond motifs is 2. The largest absolute Gasteiger partial charge is 0.329 e. The molecule has 0 aromatic rings. The van der Waals surface area contributed by atoms with E-state index >= 15 is 0 Å². The molecule has 2 heteroatoms. The highest BCUT2D eigenvalue weighted by Crippen LogP contribution is 2.51. The lowest BCUT2D eigenvalue weighted by molar-refractivity contribution is 0.00827. The topological polar surface area (TPSA) is 29.3 Å². The van der Waals surface area contributed by atoms with Crippen molar-refractivity contribution in [2.24, 2.45) is 23.5 Å². The lowest BCUT2D eigenvalue weighted by atomic mass is 9.72. The van der Waals surface area contributed by atoms with Crippen molar-refractivity contribution < 1.29 is 0 Å². The molecule has 4 aliphatic rings. The summed E-state index contributed by atoms with van der Waals surface area (Å²) in [4.78, 5) is 2.88. The minimum Gasteiger partial charge on any atom is -0.329 e. The average molecular weight is 248 g/mol. The van der Waals surface area contributed by atoms with Gasteiger partial charge in [0, 0.05) is 24.7 Å². The molecule has 1 heterocycles. The summed E-state index contributed by atoms with van der Waals surface area (Å²) in [5, 5.41) is 0. The molecule has 0 aromatic carbocycles. The molecule has 2 N–H and O–H groups in total. The van der Waals surface area contributed by atoms with Crippen LogP contribution < -0.4 is 5.73 Å². The summed E-state index contributed by atoms with van der Waals surface area (Å²) in [6.07, 6.45) is 13.2. The quantitative estimate of drug-likeness (QED) is 0.832. The third kappa shape index (κ3) is 1.76. The first-order valence-corrected chi connectivity index (χ1v) is 8.27. The molecule has 3 aliphatic carbocycles. The van der Waals surface area contributed by atoms with Crippen LogP contribution in [-0.2, 0) is 0 Å². The molecule has 3 saturated carbocycles. The summed E-state index contributed by atoms with van der Waals surface area (Å²) in [6.45, 7) is 2.29. The van der Waals surface area contributed by atoms with Crippen LogP contribution >= 0.6 is 0 Å². The number of hydrogen-bond donors (Lipinski definition) is 1. The standard InChI is InChI=1S/C16H28N2/c17-11-16(18-10-12-3-6-15(18)8-12)7-1-2-14(9-16)13-4-5-13/h12-15H,1-11,17H2. The molecule has 4 atom stereocenters. The molecule has 0 radical (unpaired) electrons. The molecular formula is C16H28N2. The fourth-order valence-corrected chi connectivity index (χ4v) is 5.42. The van der Waals surface area contributed by atoms with E-state index in [0.29, 0.717) is 5.54 Å². The van der Waals surface area contributed by atoms with Gasteiger partial charge in [0.15, 0.2) is 0 Å². The van der Waals surface area contributed by atoms with Gasteiger partial charge in [-0.1, -0.05) is 12.8 Å². The maximum atomic E-state index is 6.29. The summed E-state index contributed by atoms with van der Waals surface area (Å²) < 4.78 is 0. The van der Waals surface area contributed by atoms with Crippen LogP contribution in [0.2, 0.25) is 0 Å². The highest BCUT2D eigenvalue weighted by atomic mass is 15.3. The Morgan fingerprint density at radius 1 is 1.06 bits per heavy atom. The Morgan fingerprint density at radius 3 is 2.56 bits per heavy atom. The molecule has 18 heavy (non-hydrogen) atoms. The van der Waals surface area contributed by atoms with Crippen molar-refractivity contribution in [2.75, 3.05) is 13.1 Å². The second-order valence-electron chi connectivity index (χ2n) is 7.61. The molecule has 0 spiro atoms. The number of hydrogen-bond acceptors (Lipinski definition) is 2. The van der Waals surface area contributed by atoms with E-state index in [0.717, 1.165) is 30.3 Å². The first-order chi connectivity index (χ1) is 8.81. The van der Waals surface area contributed by atoms with E-state index in [4.69, 9.17) is 5.73 Å². The highest BCUT2D eigenvalue weighted by molar-refractivity contribution is 5.06. The van der Waals surface area contributed by atoms with Crippen LogP contribution in [-0.4, -0.2) is 29.6 Å². The van der Waals surface area contributed by atoms with E-state index in [9.17, 15) is 0 Å². The SMILES string of the molecule is NCC1(N2CC3CCC2C3)CCCC(C2CC2)C1. The zero-order valence-corrected chi connectivity index (χ0v) is 11.6. The molecule has 1 saturated heterocycles. The Kier molecular flexibility index (Phi) is 2.74. The minimum absolute atomic E-state index is 0.408. The third-order valence-corrected chi connectivity index (χ3v) is 6.55. The first kappa shape index (κ1) is 11.7. The Labute approximate surface area is 111 Å². The Hall–Kier alpha value is -0.0800. The number of piperidine rings is 1. The second-order valence-corrected chi connectivity index (χ2v) is 7.61. The van der Waals surface area contributed by atoms with Gasteiger partial charge in [0.2, 0.25) is 0 Å². The predicted molar refractivity (Wildman–Crippen MR) is 74.3 cm³/mol. The number of rotatable bonds is 3. The molecule has 4 fully saturated rings. The van der Waals surface area contributed by atoms with Crippen LogP contribution in [0.1, 0.15) is 57.8 Å². The molecule has 2 nitrogen and oxygen atoms in total. The van der Waals surface area contributed by atoms with Gasteiger partial charge in [0.25, 0.3) is 0 Å². The smallest absolute Gasteiger partial charge is 0.0337 e. The molecule has 2 bridgehead atoms. The van der Waals surface area contributed by atoms with Gasteiger partial charge in [0.1, 0.15) is 0 Å². The summed E-state index contributed by atoms with van der Waals surface area (Å²) in [7, 11) is 0. The van der Waals surface area contributed by atoms with E-state index < -0.39 is 0 Å². The third-order valence-electron chi connectivity index (χ3n) is 6.55.